The third kappa shape index (κ3) is 4.81. The summed E-state index contributed by atoms with van der Waals surface area (Å²) in [7, 11) is 3.04. The van der Waals surface area contributed by atoms with Crippen molar-refractivity contribution in [1.82, 2.24) is 0 Å². The molecule has 0 aliphatic carbocycles. The van der Waals surface area contributed by atoms with Crippen molar-refractivity contribution in [2.24, 2.45) is 0 Å². The molecule has 7 nitrogen and oxygen atoms in total. The summed E-state index contributed by atoms with van der Waals surface area (Å²) in [4.78, 5) is 22.1. The fourth-order valence-corrected chi connectivity index (χ4v) is 2.16. The third-order valence-corrected chi connectivity index (χ3v) is 3.33. The van der Waals surface area contributed by atoms with Gasteiger partial charge in [-0.15, -0.1) is 0 Å². The van der Waals surface area contributed by atoms with Gasteiger partial charge in [0.05, 0.1) is 19.1 Å². The fourth-order valence-electron chi connectivity index (χ4n) is 2.16. The first kappa shape index (κ1) is 18.0. The van der Waals surface area contributed by atoms with Crippen LogP contribution in [0.2, 0.25) is 0 Å². The van der Waals surface area contributed by atoms with E-state index in [4.69, 9.17) is 14.2 Å². The topological polar surface area (TPSA) is 87.9 Å². The second-order valence-corrected chi connectivity index (χ2v) is 4.95. The van der Waals surface area contributed by atoms with Gasteiger partial charge in [0.2, 0.25) is 0 Å². The molecule has 0 bridgehead atoms. The molecule has 7 heteroatoms. The number of nitrogens with zero attached hydrogens (tertiary/aromatic N) is 1. The average molecular weight is 343 g/mol. The van der Waals surface area contributed by atoms with Gasteiger partial charge < -0.3 is 14.2 Å². The van der Waals surface area contributed by atoms with Crippen molar-refractivity contribution in [3.05, 3.63) is 69.8 Å². The normalized spacial score (nSPS) is 10.5. The lowest BCUT2D eigenvalue weighted by molar-refractivity contribution is -0.384. The number of para-hydroxylation sites is 1. The molecule has 2 aromatic carbocycles. The number of hydrogen-bond acceptors (Lipinski definition) is 6. The summed E-state index contributed by atoms with van der Waals surface area (Å²) in [5.74, 6) is 0.485. The summed E-state index contributed by atoms with van der Waals surface area (Å²) in [6.45, 7) is -0.0555. The van der Waals surface area contributed by atoms with Crippen LogP contribution in [0.15, 0.2) is 48.5 Å². The van der Waals surface area contributed by atoms with E-state index in [0.717, 1.165) is 0 Å². The van der Waals surface area contributed by atoms with Crippen molar-refractivity contribution in [1.29, 1.82) is 0 Å². The summed E-state index contributed by atoms with van der Waals surface area (Å²) in [5, 5.41) is 10.7. The first-order chi connectivity index (χ1) is 12.0. The number of nitro groups is 1. The molecular weight excluding hydrogens is 326 g/mol. The molecule has 0 unspecified atom stereocenters. The van der Waals surface area contributed by atoms with Gasteiger partial charge in [0.1, 0.15) is 6.61 Å². The molecule has 25 heavy (non-hydrogen) atoms. The van der Waals surface area contributed by atoms with Gasteiger partial charge in [0.15, 0.2) is 11.5 Å². The van der Waals surface area contributed by atoms with Crippen LogP contribution in [-0.4, -0.2) is 25.1 Å². The summed E-state index contributed by atoms with van der Waals surface area (Å²) < 4.78 is 15.6. The number of esters is 1. The lowest BCUT2D eigenvalue weighted by Gasteiger charge is -2.09. The Morgan fingerprint density at radius 3 is 2.60 bits per heavy atom. The van der Waals surface area contributed by atoms with Crippen LogP contribution in [0, 0.1) is 10.1 Å². The van der Waals surface area contributed by atoms with Crippen LogP contribution in [0.4, 0.5) is 5.69 Å². The Balaban J connectivity index is 2.02. The zero-order valence-corrected chi connectivity index (χ0v) is 13.8. The van der Waals surface area contributed by atoms with Crippen LogP contribution in [-0.2, 0) is 16.1 Å². The SMILES string of the molecule is COc1cccc(C=CC(=O)OCc2cccc([N+](=O)[O-])c2)c1OC. The van der Waals surface area contributed by atoms with E-state index in [1.807, 2.05) is 0 Å². The van der Waals surface area contributed by atoms with Crippen molar-refractivity contribution in [2.45, 2.75) is 6.61 Å². The molecule has 0 heterocycles. The lowest BCUT2D eigenvalue weighted by atomic mass is 10.1. The van der Waals surface area contributed by atoms with Crippen molar-refractivity contribution >= 4 is 17.7 Å². The van der Waals surface area contributed by atoms with E-state index >= 15 is 0 Å². The van der Waals surface area contributed by atoms with Gasteiger partial charge in [0.25, 0.3) is 5.69 Å². The van der Waals surface area contributed by atoms with Crippen LogP contribution in [0.5, 0.6) is 11.5 Å². The number of hydrogen-bond donors (Lipinski definition) is 0. The van der Waals surface area contributed by atoms with E-state index in [-0.39, 0.29) is 12.3 Å². The molecule has 0 aliphatic rings. The zero-order chi connectivity index (χ0) is 18.2. The monoisotopic (exact) mass is 343 g/mol. The second kappa shape index (κ2) is 8.49. The predicted octanol–water partition coefficient (Wildman–Crippen LogP) is 3.37. The minimum absolute atomic E-state index is 0.0507. The maximum Gasteiger partial charge on any atom is 0.331 e. The maximum atomic E-state index is 11.8. The largest absolute Gasteiger partial charge is 0.493 e. The first-order valence-electron chi connectivity index (χ1n) is 7.34. The van der Waals surface area contributed by atoms with E-state index in [1.54, 1.807) is 30.3 Å². The van der Waals surface area contributed by atoms with Gasteiger partial charge >= 0.3 is 5.97 Å². The fraction of sp³-hybridized carbons (Fsp3) is 0.167. The minimum atomic E-state index is -0.573. The highest BCUT2D eigenvalue weighted by molar-refractivity contribution is 5.87. The summed E-state index contributed by atoms with van der Waals surface area (Å²) in [6.07, 6.45) is 2.81. The van der Waals surface area contributed by atoms with Gasteiger partial charge in [-0.3, -0.25) is 10.1 Å². The van der Waals surface area contributed by atoms with Gasteiger partial charge in [-0.1, -0.05) is 24.3 Å². The van der Waals surface area contributed by atoms with E-state index in [9.17, 15) is 14.9 Å². The Morgan fingerprint density at radius 1 is 1.16 bits per heavy atom. The Labute approximate surface area is 144 Å². The molecule has 0 saturated carbocycles. The minimum Gasteiger partial charge on any atom is -0.493 e. The quantitative estimate of drug-likeness (QED) is 0.331. The highest BCUT2D eigenvalue weighted by atomic mass is 16.6. The number of non-ortho nitro benzene ring substituents is 1. The summed E-state index contributed by atoms with van der Waals surface area (Å²) in [6, 6.07) is 11.2. The van der Waals surface area contributed by atoms with Gasteiger partial charge in [-0.25, -0.2) is 4.79 Å². The maximum absolute atomic E-state index is 11.8. The number of benzene rings is 2. The molecule has 0 atom stereocenters. The Morgan fingerprint density at radius 2 is 1.92 bits per heavy atom. The number of methoxy groups -OCH3 is 2. The molecule has 0 saturated heterocycles. The molecule has 0 fully saturated rings. The van der Waals surface area contributed by atoms with Gasteiger partial charge in [0, 0.05) is 23.8 Å². The van der Waals surface area contributed by atoms with E-state index < -0.39 is 10.9 Å². The highest BCUT2D eigenvalue weighted by Crippen LogP contribution is 2.31. The average Bonchev–Trinajstić information content (AvgIpc) is 2.64. The summed E-state index contributed by atoms with van der Waals surface area (Å²) >= 11 is 0. The molecule has 0 aromatic heterocycles. The molecular formula is C18H17NO6. The molecule has 2 aromatic rings. The van der Waals surface area contributed by atoms with Crippen LogP contribution >= 0.6 is 0 Å². The standard InChI is InChI=1S/C18H17NO6/c1-23-16-8-4-6-14(18(16)24-2)9-10-17(20)25-12-13-5-3-7-15(11-13)19(21)22/h3-11H,12H2,1-2H3. The summed E-state index contributed by atoms with van der Waals surface area (Å²) in [5.41, 5.74) is 1.15. The van der Waals surface area contributed by atoms with Gasteiger partial charge in [-0.2, -0.15) is 0 Å². The number of carbonyl (C=O) groups excluding carboxylic acids is 1. The van der Waals surface area contributed by atoms with Crippen LogP contribution in [0.25, 0.3) is 6.08 Å². The van der Waals surface area contributed by atoms with Crippen molar-refractivity contribution < 1.29 is 23.9 Å². The number of ether oxygens (including phenoxy) is 3. The van der Waals surface area contributed by atoms with Crippen LogP contribution in [0.3, 0.4) is 0 Å². The third-order valence-electron chi connectivity index (χ3n) is 3.33. The molecule has 0 amide bonds. The van der Waals surface area contributed by atoms with E-state index in [0.29, 0.717) is 22.6 Å². The van der Waals surface area contributed by atoms with Gasteiger partial charge in [-0.05, 0) is 17.7 Å². The molecule has 2 rings (SSSR count). The molecule has 0 spiro atoms. The molecule has 0 aliphatic heterocycles. The second-order valence-electron chi connectivity index (χ2n) is 4.95. The molecule has 0 radical (unpaired) electrons. The first-order valence-corrected chi connectivity index (χ1v) is 7.34. The van der Waals surface area contributed by atoms with E-state index in [2.05, 4.69) is 0 Å². The van der Waals surface area contributed by atoms with Crippen molar-refractivity contribution in [3.8, 4) is 11.5 Å². The number of nitro benzene ring substituents is 1. The van der Waals surface area contributed by atoms with E-state index in [1.165, 1.54) is 38.5 Å². The highest BCUT2D eigenvalue weighted by Gasteiger charge is 2.09. The van der Waals surface area contributed by atoms with Crippen LogP contribution < -0.4 is 9.47 Å². The zero-order valence-electron chi connectivity index (χ0n) is 13.8. The Kier molecular flexibility index (Phi) is 6.11. The molecule has 0 N–H and O–H groups in total. The van der Waals surface area contributed by atoms with Crippen LogP contribution in [0.1, 0.15) is 11.1 Å². The predicted molar refractivity (Wildman–Crippen MR) is 91.5 cm³/mol. The Hall–Kier alpha value is -3.35. The lowest BCUT2D eigenvalue weighted by Crippen LogP contribution is -2.01. The number of rotatable bonds is 7. The smallest absolute Gasteiger partial charge is 0.331 e. The number of carbonyl (C=O) groups is 1. The molecule has 130 valence electrons. The van der Waals surface area contributed by atoms with Crippen molar-refractivity contribution in [2.75, 3.05) is 14.2 Å². The van der Waals surface area contributed by atoms with Crippen molar-refractivity contribution in [3.63, 3.8) is 0 Å². The Bertz CT molecular complexity index is 800.